The monoisotopic (exact) mass is 352 g/mol. The Bertz CT molecular complexity index is 705. The molecule has 0 radical (unpaired) electrons. The molecule has 122 valence electrons. The van der Waals surface area contributed by atoms with Crippen LogP contribution >= 0.6 is 23.2 Å². The van der Waals surface area contributed by atoms with E-state index >= 15 is 0 Å². The molecule has 0 aliphatic heterocycles. The second kappa shape index (κ2) is 8.09. The molecule has 0 fully saturated rings. The normalized spacial score (nSPS) is 10.3. The van der Waals surface area contributed by atoms with Crippen LogP contribution in [0, 0.1) is 6.92 Å². The number of halogens is 2. The Morgan fingerprint density at radius 2 is 1.96 bits per heavy atom. The number of urea groups is 1. The number of rotatable bonds is 5. The molecule has 0 spiro atoms. The molecule has 4 nitrogen and oxygen atoms in total. The third kappa shape index (κ3) is 5.05. The molecule has 2 aromatic rings. The Morgan fingerprint density at radius 1 is 1.17 bits per heavy atom. The van der Waals surface area contributed by atoms with Crippen LogP contribution in [0.5, 0.6) is 5.75 Å². The van der Waals surface area contributed by atoms with Crippen molar-refractivity contribution in [3.8, 4) is 5.75 Å². The number of anilines is 1. The maximum absolute atomic E-state index is 12.0. The minimum absolute atomic E-state index is 0.293. The predicted molar refractivity (Wildman–Crippen MR) is 94.9 cm³/mol. The summed E-state index contributed by atoms with van der Waals surface area (Å²) in [6, 6.07) is 10.6. The molecule has 23 heavy (non-hydrogen) atoms. The second-order valence-corrected chi connectivity index (χ2v) is 5.91. The largest absolute Gasteiger partial charge is 0.495 e. The van der Waals surface area contributed by atoms with Gasteiger partial charge in [0.25, 0.3) is 0 Å². The lowest BCUT2D eigenvalue weighted by molar-refractivity contribution is 0.252. The van der Waals surface area contributed by atoms with Gasteiger partial charge in [0, 0.05) is 16.6 Å². The number of amides is 2. The van der Waals surface area contributed by atoms with Crippen molar-refractivity contribution in [2.45, 2.75) is 13.3 Å². The molecule has 0 aliphatic carbocycles. The predicted octanol–water partition coefficient (Wildman–Crippen LogP) is 4.67. The average Bonchev–Trinajstić information content (AvgIpc) is 2.50. The molecule has 2 amide bonds. The van der Waals surface area contributed by atoms with E-state index in [9.17, 15) is 4.79 Å². The summed E-state index contributed by atoms with van der Waals surface area (Å²) < 4.78 is 5.23. The van der Waals surface area contributed by atoms with Gasteiger partial charge in [0.2, 0.25) is 0 Å². The summed E-state index contributed by atoms with van der Waals surface area (Å²) in [4.78, 5) is 12.0. The van der Waals surface area contributed by atoms with Gasteiger partial charge in [-0.15, -0.1) is 0 Å². The van der Waals surface area contributed by atoms with Gasteiger partial charge in [-0.3, -0.25) is 0 Å². The minimum atomic E-state index is -0.293. The summed E-state index contributed by atoms with van der Waals surface area (Å²) in [7, 11) is 1.57. The average molecular weight is 353 g/mol. The molecule has 0 heterocycles. The third-order valence-corrected chi connectivity index (χ3v) is 3.89. The highest BCUT2D eigenvalue weighted by atomic mass is 35.5. The molecular formula is C17H18Cl2N2O2. The summed E-state index contributed by atoms with van der Waals surface area (Å²) >= 11 is 12.0. The quantitative estimate of drug-likeness (QED) is 0.820. The van der Waals surface area contributed by atoms with Crippen LogP contribution in [0.4, 0.5) is 10.5 Å². The number of aryl methyl sites for hydroxylation is 1. The number of methoxy groups -OCH3 is 1. The molecule has 6 heteroatoms. The van der Waals surface area contributed by atoms with Gasteiger partial charge >= 0.3 is 6.03 Å². The van der Waals surface area contributed by atoms with Crippen LogP contribution in [0.25, 0.3) is 0 Å². The number of ether oxygens (including phenoxy) is 1. The lowest BCUT2D eigenvalue weighted by Crippen LogP contribution is -2.30. The zero-order valence-corrected chi connectivity index (χ0v) is 14.5. The first-order valence-corrected chi connectivity index (χ1v) is 7.88. The Hall–Kier alpha value is -1.91. The van der Waals surface area contributed by atoms with Crippen molar-refractivity contribution in [2.75, 3.05) is 19.0 Å². The fourth-order valence-corrected chi connectivity index (χ4v) is 2.62. The van der Waals surface area contributed by atoms with Crippen LogP contribution in [0.1, 0.15) is 11.1 Å². The topological polar surface area (TPSA) is 50.4 Å². The van der Waals surface area contributed by atoms with Crippen LogP contribution in [-0.2, 0) is 6.42 Å². The zero-order valence-electron chi connectivity index (χ0n) is 13.0. The molecule has 0 saturated carbocycles. The molecule has 2 rings (SSSR count). The number of hydrogen-bond acceptors (Lipinski definition) is 2. The molecule has 2 N–H and O–H groups in total. The molecule has 2 aromatic carbocycles. The minimum Gasteiger partial charge on any atom is -0.495 e. The lowest BCUT2D eigenvalue weighted by Gasteiger charge is -2.12. The van der Waals surface area contributed by atoms with Crippen LogP contribution in [0.2, 0.25) is 10.0 Å². The van der Waals surface area contributed by atoms with Gasteiger partial charge in [-0.1, -0.05) is 35.3 Å². The Balaban J connectivity index is 1.89. The van der Waals surface area contributed by atoms with E-state index in [0.717, 1.165) is 11.1 Å². The van der Waals surface area contributed by atoms with Gasteiger partial charge in [-0.25, -0.2) is 4.79 Å². The zero-order chi connectivity index (χ0) is 16.8. The number of carbonyl (C=O) groups excluding carboxylic acids is 1. The number of nitrogens with one attached hydrogen (secondary N) is 2. The molecule has 0 aliphatic rings. The summed E-state index contributed by atoms with van der Waals surface area (Å²) in [6.45, 7) is 2.41. The molecule has 0 unspecified atom stereocenters. The van der Waals surface area contributed by atoms with Crippen LogP contribution in [-0.4, -0.2) is 19.7 Å². The smallest absolute Gasteiger partial charge is 0.319 e. The molecule has 0 saturated heterocycles. The van der Waals surface area contributed by atoms with Gasteiger partial charge in [-0.2, -0.15) is 0 Å². The van der Waals surface area contributed by atoms with E-state index in [1.807, 2.05) is 31.2 Å². The summed E-state index contributed by atoms with van der Waals surface area (Å²) in [5.74, 6) is 0.617. The van der Waals surface area contributed by atoms with Crippen molar-refractivity contribution in [3.63, 3.8) is 0 Å². The Morgan fingerprint density at radius 3 is 2.65 bits per heavy atom. The fraction of sp³-hybridized carbons (Fsp3) is 0.235. The lowest BCUT2D eigenvalue weighted by atomic mass is 10.1. The van der Waals surface area contributed by atoms with Crippen molar-refractivity contribution in [2.24, 2.45) is 0 Å². The van der Waals surface area contributed by atoms with Crippen molar-refractivity contribution >= 4 is 34.9 Å². The van der Waals surface area contributed by atoms with E-state index in [4.69, 9.17) is 27.9 Å². The van der Waals surface area contributed by atoms with Gasteiger partial charge in [0.1, 0.15) is 5.75 Å². The third-order valence-electron chi connectivity index (χ3n) is 3.30. The van der Waals surface area contributed by atoms with E-state index < -0.39 is 0 Å². The van der Waals surface area contributed by atoms with E-state index in [0.29, 0.717) is 34.4 Å². The highest BCUT2D eigenvalue weighted by Crippen LogP contribution is 2.25. The number of hydrogen-bond donors (Lipinski definition) is 2. The molecule has 0 bridgehead atoms. The first-order valence-electron chi connectivity index (χ1n) is 7.13. The number of carbonyl (C=O) groups is 1. The van der Waals surface area contributed by atoms with Gasteiger partial charge in [0.15, 0.2) is 0 Å². The summed E-state index contributed by atoms with van der Waals surface area (Å²) in [6.07, 6.45) is 0.619. The molecule has 0 atom stereocenters. The standard InChI is InChI=1S/C17H18Cl2N2O2/c1-11-3-6-16(23-2)15(9-11)21-17(22)20-8-7-12-4-5-13(18)10-14(12)19/h3-6,9-10H,7-8H2,1-2H3,(H2,20,21,22). The highest BCUT2D eigenvalue weighted by molar-refractivity contribution is 6.35. The van der Waals surface area contributed by atoms with Crippen LogP contribution in [0.15, 0.2) is 36.4 Å². The number of benzene rings is 2. The summed E-state index contributed by atoms with van der Waals surface area (Å²) in [5.41, 5.74) is 2.60. The molecular weight excluding hydrogens is 335 g/mol. The first kappa shape index (κ1) is 17.4. The maximum Gasteiger partial charge on any atom is 0.319 e. The van der Waals surface area contributed by atoms with E-state index in [1.54, 1.807) is 19.2 Å². The van der Waals surface area contributed by atoms with Crippen molar-refractivity contribution in [1.29, 1.82) is 0 Å². The fourth-order valence-electron chi connectivity index (χ4n) is 2.12. The van der Waals surface area contributed by atoms with Crippen molar-refractivity contribution in [1.82, 2.24) is 5.32 Å². The van der Waals surface area contributed by atoms with Crippen molar-refractivity contribution < 1.29 is 9.53 Å². The van der Waals surface area contributed by atoms with Crippen LogP contribution < -0.4 is 15.4 Å². The van der Waals surface area contributed by atoms with Crippen LogP contribution in [0.3, 0.4) is 0 Å². The second-order valence-electron chi connectivity index (χ2n) is 5.07. The Kier molecular flexibility index (Phi) is 6.13. The van der Waals surface area contributed by atoms with Gasteiger partial charge in [0.05, 0.1) is 12.8 Å². The SMILES string of the molecule is COc1ccc(C)cc1NC(=O)NCCc1ccc(Cl)cc1Cl. The maximum atomic E-state index is 12.0. The Labute approximate surface area is 145 Å². The summed E-state index contributed by atoms with van der Waals surface area (Å²) in [5, 5.41) is 6.77. The van der Waals surface area contributed by atoms with E-state index in [2.05, 4.69) is 10.6 Å². The first-order chi connectivity index (χ1) is 11.0. The molecule has 0 aromatic heterocycles. The highest BCUT2D eigenvalue weighted by Gasteiger charge is 2.08. The van der Waals surface area contributed by atoms with Gasteiger partial charge < -0.3 is 15.4 Å². The van der Waals surface area contributed by atoms with E-state index in [-0.39, 0.29) is 6.03 Å². The van der Waals surface area contributed by atoms with Gasteiger partial charge in [-0.05, 0) is 48.7 Å². The van der Waals surface area contributed by atoms with Crippen molar-refractivity contribution in [3.05, 3.63) is 57.6 Å². The van der Waals surface area contributed by atoms with E-state index in [1.165, 1.54) is 0 Å².